The molecule has 12 rings (SSSR count). The Bertz CT molecular complexity index is 3510. The first-order valence-corrected chi connectivity index (χ1v) is 19.9. The zero-order valence-electron chi connectivity index (χ0n) is 30.5. The van der Waals surface area contributed by atoms with Gasteiger partial charge in [-0.25, -0.2) is 4.98 Å². The Labute approximate surface area is 331 Å². The van der Waals surface area contributed by atoms with E-state index in [9.17, 15) is 0 Å². The summed E-state index contributed by atoms with van der Waals surface area (Å²) in [6, 6.07) is 66.6. The van der Waals surface area contributed by atoms with Crippen LogP contribution in [0.25, 0.3) is 109 Å². The van der Waals surface area contributed by atoms with Gasteiger partial charge in [-0.1, -0.05) is 140 Å². The Morgan fingerprint density at radius 2 is 0.825 bits per heavy atom. The largest absolute Gasteiger partial charge is 0.309 e. The van der Waals surface area contributed by atoms with Crippen LogP contribution in [0.1, 0.15) is 0 Å². The van der Waals surface area contributed by atoms with Crippen molar-refractivity contribution in [3.63, 3.8) is 0 Å². The van der Waals surface area contributed by atoms with Gasteiger partial charge in [0.15, 0.2) is 11.6 Å². The summed E-state index contributed by atoms with van der Waals surface area (Å²) >= 11 is 1.81. The van der Waals surface area contributed by atoms with Gasteiger partial charge in [0.2, 0.25) is 5.95 Å². The number of fused-ring (bicyclic) bond motifs is 10. The summed E-state index contributed by atoms with van der Waals surface area (Å²) in [6.45, 7) is 0. The van der Waals surface area contributed by atoms with Crippen LogP contribution in [0.2, 0.25) is 0 Å². The quantitative estimate of drug-likeness (QED) is 0.176. The van der Waals surface area contributed by atoms with E-state index in [0.717, 1.165) is 38.8 Å². The van der Waals surface area contributed by atoms with Crippen LogP contribution in [0.5, 0.6) is 0 Å². The summed E-state index contributed by atoms with van der Waals surface area (Å²) in [4.78, 5) is 15.7. The first-order valence-electron chi connectivity index (χ1n) is 19.1. The molecule has 0 radical (unpaired) electrons. The molecule has 0 aliphatic rings. The number of para-hydroxylation sites is 3. The smallest absolute Gasteiger partial charge is 0.238 e. The average molecular weight is 746 g/mol. The molecule has 0 spiro atoms. The summed E-state index contributed by atoms with van der Waals surface area (Å²) in [5.74, 6) is 1.85. The number of rotatable bonds is 5. The normalized spacial score (nSPS) is 11.9. The van der Waals surface area contributed by atoms with E-state index in [1.54, 1.807) is 0 Å². The van der Waals surface area contributed by atoms with Crippen LogP contribution >= 0.6 is 11.3 Å². The monoisotopic (exact) mass is 745 g/mol. The number of aromatic nitrogens is 5. The van der Waals surface area contributed by atoms with Crippen LogP contribution in [0.15, 0.2) is 188 Å². The van der Waals surface area contributed by atoms with E-state index in [1.807, 2.05) is 29.5 Å². The second-order valence-corrected chi connectivity index (χ2v) is 15.5. The topological polar surface area (TPSA) is 48.5 Å². The zero-order valence-corrected chi connectivity index (χ0v) is 31.4. The summed E-state index contributed by atoms with van der Waals surface area (Å²) in [6.07, 6.45) is 0. The van der Waals surface area contributed by atoms with E-state index in [0.29, 0.717) is 17.6 Å². The number of hydrogen-bond donors (Lipinski definition) is 0. The molecule has 0 unspecified atom stereocenters. The number of benzene rings is 8. The summed E-state index contributed by atoms with van der Waals surface area (Å²) in [5, 5.41) is 7.24. The van der Waals surface area contributed by atoms with E-state index in [2.05, 4.69) is 179 Å². The first-order chi connectivity index (χ1) is 28.3. The molecule has 0 saturated carbocycles. The van der Waals surface area contributed by atoms with Gasteiger partial charge in [0.25, 0.3) is 0 Å². The highest BCUT2D eigenvalue weighted by Crippen LogP contribution is 2.43. The van der Waals surface area contributed by atoms with E-state index >= 15 is 0 Å². The zero-order chi connectivity index (χ0) is 37.5. The van der Waals surface area contributed by atoms with Gasteiger partial charge in [-0.05, 0) is 59.7 Å². The predicted octanol–water partition coefficient (Wildman–Crippen LogP) is 13.4. The average Bonchev–Trinajstić information content (AvgIpc) is 3.94. The van der Waals surface area contributed by atoms with Crippen LogP contribution < -0.4 is 0 Å². The highest BCUT2D eigenvalue weighted by Gasteiger charge is 2.23. The molecule has 5 nitrogen and oxygen atoms in total. The first kappa shape index (κ1) is 31.9. The molecule has 0 bridgehead atoms. The standard InChI is InChI=1S/C51H31N5S/c1-4-14-32(15-5-1)34-24-26-37-38-27-25-35(31-46(38)57-45(37)30-34)50-52-49(33-16-6-2-7-17-33)53-51(54-50)56-42-23-13-11-21-40(42)48-44(56)29-28-43-47(48)39-20-10-12-22-41(39)55(43)36-18-8-3-9-19-36/h1-31H. The molecule has 0 fully saturated rings. The number of hydrogen-bond acceptors (Lipinski definition) is 4. The minimum atomic E-state index is 0.583. The third kappa shape index (κ3) is 4.98. The maximum Gasteiger partial charge on any atom is 0.238 e. The molecular weight excluding hydrogens is 715 g/mol. The molecule has 57 heavy (non-hydrogen) atoms. The van der Waals surface area contributed by atoms with Crippen molar-refractivity contribution in [1.82, 2.24) is 24.1 Å². The van der Waals surface area contributed by atoms with Gasteiger partial charge in [0.05, 0.1) is 22.1 Å². The molecule has 0 N–H and O–H groups in total. The Morgan fingerprint density at radius 1 is 0.333 bits per heavy atom. The predicted molar refractivity (Wildman–Crippen MR) is 238 cm³/mol. The molecule has 8 aromatic carbocycles. The molecule has 4 aromatic heterocycles. The second kappa shape index (κ2) is 12.6. The molecule has 0 atom stereocenters. The van der Waals surface area contributed by atoms with Gasteiger partial charge >= 0.3 is 0 Å². The summed E-state index contributed by atoms with van der Waals surface area (Å²) < 4.78 is 7.05. The Hall–Kier alpha value is -7.41. The van der Waals surface area contributed by atoms with Crippen LogP contribution in [-0.2, 0) is 0 Å². The summed E-state index contributed by atoms with van der Waals surface area (Å²) in [7, 11) is 0. The van der Waals surface area contributed by atoms with Gasteiger partial charge in [-0.3, -0.25) is 4.57 Å². The third-order valence-electron chi connectivity index (χ3n) is 11.2. The number of nitrogens with zero attached hydrogens (tertiary/aromatic N) is 5. The van der Waals surface area contributed by atoms with Gasteiger partial charge < -0.3 is 4.57 Å². The van der Waals surface area contributed by atoms with Crippen molar-refractivity contribution in [3.05, 3.63) is 188 Å². The lowest BCUT2D eigenvalue weighted by Gasteiger charge is -2.11. The van der Waals surface area contributed by atoms with Crippen LogP contribution in [0.3, 0.4) is 0 Å². The lowest BCUT2D eigenvalue weighted by molar-refractivity contribution is 0.954. The van der Waals surface area contributed by atoms with E-state index < -0.39 is 0 Å². The van der Waals surface area contributed by atoms with Crippen molar-refractivity contribution in [2.45, 2.75) is 0 Å². The molecule has 266 valence electrons. The highest BCUT2D eigenvalue weighted by molar-refractivity contribution is 7.25. The molecule has 0 saturated heterocycles. The lowest BCUT2D eigenvalue weighted by atomic mass is 10.0. The van der Waals surface area contributed by atoms with Gasteiger partial charge in [0.1, 0.15) is 0 Å². The molecule has 4 heterocycles. The molecule has 0 aliphatic heterocycles. The van der Waals surface area contributed by atoms with Crippen LogP contribution in [0.4, 0.5) is 0 Å². The fourth-order valence-corrected chi connectivity index (χ4v) is 9.81. The van der Waals surface area contributed by atoms with Crippen LogP contribution in [-0.4, -0.2) is 24.1 Å². The SMILES string of the molecule is c1ccc(-c2ccc3c(c2)sc2cc(-c4nc(-c5ccccc5)nc(-n5c6ccccc6c6c7c8ccccc8n(-c8ccccc8)c7ccc65)n4)ccc23)cc1. The minimum absolute atomic E-state index is 0.583. The van der Waals surface area contributed by atoms with Crippen molar-refractivity contribution in [1.29, 1.82) is 0 Å². The van der Waals surface area contributed by atoms with Gasteiger partial charge in [-0.2, -0.15) is 9.97 Å². The maximum atomic E-state index is 5.32. The highest BCUT2D eigenvalue weighted by atomic mass is 32.1. The van der Waals surface area contributed by atoms with Crippen molar-refractivity contribution in [2.24, 2.45) is 0 Å². The van der Waals surface area contributed by atoms with Crippen molar-refractivity contribution < 1.29 is 0 Å². The lowest BCUT2D eigenvalue weighted by Crippen LogP contribution is -2.06. The molecule has 0 amide bonds. The Balaban J connectivity index is 1.10. The van der Waals surface area contributed by atoms with E-state index in [4.69, 9.17) is 15.0 Å². The molecule has 6 heteroatoms. The fourth-order valence-electron chi connectivity index (χ4n) is 8.63. The van der Waals surface area contributed by atoms with E-state index in [1.165, 1.54) is 53.0 Å². The Kier molecular flexibility index (Phi) is 7.03. The second-order valence-electron chi connectivity index (χ2n) is 14.4. The van der Waals surface area contributed by atoms with Crippen molar-refractivity contribution >= 4 is 75.1 Å². The summed E-state index contributed by atoms with van der Waals surface area (Å²) in [5.41, 5.74) is 9.88. The Morgan fingerprint density at radius 3 is 1.47 bits per heavy atom. The van der Waals surface area contributed by atoms with Gasteiger partial charge in [0, 0.05) is 58.5 Å². The van der Waals surface area contributed by atoms with Crippen molar-refractivity contribution in [3.8, 4) is 45.5 Å². The van der Waals surface area contributed by atoms with Gasteiger partial charge in [-0.15, -0.1) is 11.3 Å². The van der Waals surface area contributed by atoms with E-state index in [-0.39, 0.29) is 0 Å². The fraction of sp³-hybridized carbons (Fsp3) is 0. The third-order valence-corrected chi connectivity index (χ3v) is 12.3. The van der Waals surface area contributed by atoms with Crippen molar-refractivity contribution in [2.75, 3.05) is 0 Å². The maximum absolute atomic E-state index is 5.32. The molecule has 12 aromatic rings. The minimum Gasteiger partial charge on any atom is -0.309 e. The molecular formula is C51H31N5S. The number of thiophene rings is 1. The van der Waals surface area contributed by atoms with Crippen LogP contribution in [0, 0.1) is 0 Å². The molecule has 0 aliphatic carbocycles.